The molecule has 0 atom stereocenters. The zero-order chi connectivity index (χ0) is 19.6. The SMILES string of the molecule is CC1(c2ncc(Cc3ccccc3F)o2)CCN(C(=O)C2CCOCC2)CC1. The minimum Gasteiger partial charge on any atom is -0.445 e. The summed E-state index contributed by atoms with van der Waals surface area (Å²) in [5, 5.41) is 0. The van der Waals surface area contributed by atoms with Crippen molar-refractivity contribution in [2.75, 3.05) is 26.3 Å². The Morgan fingerprint density at radius 2 is 1.96 bits per heavy atom. The van der Waals surface area contributed by atoms with E-state index < -0.39 is 0 Å². The quantitative estimate of drug-likeness (QED) is 0.804. The number of carbonyl (C=O) groups excluding carboxylic acids is 1. The Balaban J connectivity index is 1.38. The van der Waals surface area contributed by atoms with Crippen LogP contribution in [0.5, 0.6) is 0 Å². The van der Waals surface area contributed by atoms with Gasteiger partial charge < -0.3 is 14.1 Å². The minimum atomic E-state index is -0.230. The smallest absolute Gasteiger partial charge is 0.225 e. The highest BCUT2D eigenvalue weighted by molar-refractivity contribution is 5.79. The third-order valence-corrected chi connectivity index (χ3v) is 6.14. The fraction of sp³-hybridized carbons (Fsp3) is 0.545. The Hall–Kier alpha value is -2.21. The molecule has 2 aliphatic heterocycles. The van der Waals surface area contributed by atoms with E-state index in [0.29, 0.717) is 36.8 Å². The van der Waals surface area contributed by atoms with Gasteiger partial charge in [-0.3, -0.25) is 4.79 Å². The maximum atomic E-state index is 13.9. The summed E-state index contributed by atoms with van der Waals surface area (Å²) < 4.78 is 25.2. The van der Waals surface area contributed by atoms with Gasteiger partial charge in [0.25, 0.3) is 0 Å². The second kappa shape index (κ2) is 8.03. The molecule has 2 saturated heterocycles. The van der Waals surface area contributed by atoms with Crippen LogP contribution >= 0.6 is 0 Å². The predicted octanol–water partition coefficient (Wildman–Crippen LogP) is 3.71. The average Bonchev–Trinajstić information content (AvgIpc) is 3.20. The topological polar surface area (TPSA) is 55.6 Å². The molecule has 1 amide bonds. The number of carbonyl (C=O) groups is 1. The van der Waals surface area contributed by atoms with Crippen molar-refractivity contribution in [1.29, 1.82) is 0 Å². The number of hydrogen-bond donors (Lipinski definition) is 0. The van der Waals surface area contributed by atoms with E-state index in [1.54, 1.807) is 18.3 Å². The van der Waals surface area contributed by atoms with E-state index in [1.165, 1.54) is 6.07 Å². The number of benzene rings is 1. The zero-order valence-corrected chi connectivity index (χ0v) is 16.3. The number of nitrogens with zero attached hydrogens (tertiary/aromatic N) is 2. The molecule has 0 bridgehead atoms. The summed E-state index contributed by atoms with van der Waals surface area (Å²) in [6, 6.07) is 6.72. The van der Waals surface area contributed by atoms with Gasteiger partial charge >= 0.3 is 0 Å². The Kier molecular flexibility index (Phi) is 5.49. The highest BCUT2D eigenvalue weighted by Gasteiger charge is 2.38. The van der Waals surface area contributed by atoms with E-state index in [4.69, 9.17) is 9.15 Å². The molecule has 0 spiro atoms. The van der Waals surface area contributed by atoms with Crippen molar-refractivity contribution in [3.05, 3.63) is 53.5 Å². The van der Waals surface area contributed by atoms with Gasteiger partial charge in [-0.15, -0.1) is 0 Å². The molecule has 2 aliphatic rings. The molecule has 0 unspecified atom stereocenters. The lowest BCUT2D eigenvalue weighted by Gasteiger charge is -2.39. The van der Waals surface area contributed by atoms with E-state index >= 15 is 0 Å². The molecule has 1 aromatic heterocycles. The summed E-state index contributed by atoms with van der Waals surface area (Å²) in [7, 11) is 0. The van der Waals surface area contributed by atoms with E-state index in [2.05, 4.69) is 11.9 Å². The van der Waals surface area contributed by atoms with Gasteiger partial charge in [0.2, 0.25) is 5.91 Å². The van der Waals surface area contributed by atoms with Crippen LogP contribution in [0.15, 0.2) is 34.9 Å². The van der Waals surface area contributed by atoms with Gasteiger partial charge in [0.15, 0.2) is 5.89 Å². The van der Waals surface area contributed by atoms with Gasteiger partial charge in [0.1, 0.15) is 11.6 Å². The van der Waals surface area contributed by atoms with Crippen LogP contribution in [0.1, 0.15) is 49.8 Å². The summed E-state index contributed by atoms with van der Waals surface area (Å²) in [5.74, 6) is 1.50. The number of aromatic nitrogens is 1. The van der Waals surface area contributed by atoms with Gasteiger partial charge in [0, 0.05) is 44.1 Å². The van der Waals surface area contributed by atoms with Crippen molar-refractivity contribution < 1.29 is 18.3 Å². The Morgan fingerprint density at radius 1 is 1.25 bits per heavy atom. The van der Waals surface area contributed by atoms with Crippen molar-refractivity contribution in [2.24, 2.45) is 5.92 Å². The highest BCUT2D eigenvalue weighted by atomic mass is 19.1. The minimum absolute atomic E-state index is 0.104. The van der Waals surface area contributed by atoms with Crippen molar-refractivity contribution in [2.45, 2.75) is 44.4 Å². The summed E-state index contributed by atoms with van der Waals surface area (Å²) in [6.45, 7) is 4.95. The normalized spacial score (nSPS) is 20.3. The molecular weight excluding hydrogens is 359 g/mol. The number of likely N-dealkylation sites (tertiary alicyclic amines) is 1. The van der Waals surface area contributed by atoms with E-state index in [1.807, 2.05) is 11.0 Å². The van der Waals surface area contributed by atoms with E-state index in [9.17, 15) is 9.18 Å². The first-order chi connectivity index (χ1) is 13.5. The van der Waals surface area contributed by atoms with E-state index in [0.717, 1.165) is 38.8 Å². The van der Waals surface area contributed by atoms with Gasteiger partial charge in [-0.05, 0) is 37.3 Å². The number of piperidine rings is 1. The Morgan fingerprint density at radius 3 is 2.68 bits per heavy atom. The predicted molar refractivity (Wildman–Crippen MR) is 102 cm³/mol. The van der Waals surface area contributed by atoms with Crippen LogP contribution in [0.4, 0.5) is 4.39 Å². The standard InChI is InChI=1S/C22H27FN2O3/c1-22(8-10-25(11-9-22)20(26)16-6-12-27-13-7-16)21-24-15-18(28-21)14-17-4-2-3-5-19(17)23/h2-5,15-16H,6-14H2,1H3. The maximum Gasteiger partial charge on any atom is 0.225 e. The molecule has 0 saturated carbocycles. The van der Waals surface area contributed by atoms with E-state index in [-0.39, 0.29) is 23.1 Å². The van der Waals surface area contributed by atoms with Crippen molar-refractivity contribution in [1.82, 2.24) is 9.88 Å². The second-order valence-corrected chi connectivity index (χ2v) is 8.17. The maximum absolute atomic E-state index is 13.9. The number of oxazole rings is 1. The first-order valence-electron chi connectivity index (χ1n) is 10.1. The highest BCUT2D eigenvalue weighted by Crippen LogP contribution is 2.35. The van der Waals surface area contributed by atoms with Gasteiger partial charge in [0.05, 0.1) is 6.20 Å². The first-order valence-corrected chi connectivity index (χ1v) is 10.1. The molecule has 28 heavy (non-hydrogen) atoms. The lowest BCUT2D eigenvalue weighted by molar-refractivity contribution is -0.140. The summed E-state index contributed by atoms with van der Waals surface area (Å²) >= 11 is 0. The van der Waals surface area contributed by atoms with Crippen LogP contribution in [0, 0.1) is 11.7 Å². The molecule has 6 heteroatoms. The summed E-state index contributed by atoms with van der Waals surface area (Å²) in [6.07, 6.45) is 5.39. The molecule has 5 nitrogen and oxygen atoms in total. The van der Waals surface area contributed by atoms with Gasteiger partial charge in [-0.1, -0.05) is 25.1 Å². The lowest BCUT2D eigenvalue weighted by atomic mass is 9.80. The molecule has 0 radical (unpaired) electrons. The molecule has 1 aromatic carbocycles. The average molecular weight is 386 g/mol. The summed E-state index contributed by atoms with van der Waals surface area (Å²) in [5.41, 5.74) is 0.409. The fourth-order valence-electron chi connectivity index (χ4n) is 4.13. The van der Waals surface area contributed by atoms with Crippen LogP contribution in [-0.2, 0) is 21.4 Å². The number of halogens is 1. The number of hydrogen-bond acceptors (Lipinski definition) is 4. The van der Waals surface area contributed by atoms with Crippen molar-refractivity contribution >= 4 is 5.91 Å². The third kappa shape index (κ3) is 3.97. The van der Waals surface area contributed by atoms with Crippen molar-refractivity contribution in [3.8, 4) is 0 Å². The number of rotatable bonds is 4. The fourth-order valence-corrected chi connectivity index (χ4v) is 4.13. The van der Waals surface area contributed by atoms with Crippen LogP contribution < -0.4 is 0 Å². The zero-order valence-electron chi connectivity index (χ0n) is 16.3. The number of amides is 1. The molecule has 2 aromatic rings. The lowest BCUT2D eigenvalue weighted by Crippen LogP contribution is -2.47. The molecule has 3 heterocycles. The molecule has 2 fully saturated rings. The molecule has 150 valence electrons. The van der Waals surface area contributed by atoms with Crippen LogP contribution in [0.25, 0.3) is 0 Å². The van der Waals surface area contributed by atoms with Crippen LogP contribution in [0.2, 0.25) is 0 Å². The third-order valence-electron chi connectivity index (χ3n) is 6.14. The monoisotopic (exact) mass is 386 g/mol. The molecule has 4 rings (SSSR count). The summed E-state index contributed by atoms with van der Waals surface area (Å²) in [4.78, 5) is 19.2. The molecule has 0 N–H and O–H groups in total. The molecule has 0 aliphatic carbocycles. The van der Waals surface area contributed by atoms with Crippen LogP contribution in [-0.4, -0.2) is 42.1 Å². The Labute approximate surface area is 164 Å². The van der Waals surface area contributed by atoms with Crippen molar-refractivity contribution in [3.63, 3.8) is 0 Å². The number of ether oxygens (including phenoxy) is 1. The largest absolute Gasteiger partial charge is 0.445 e. The first kappa shape index (κ1) is 19.1. The van der Waals surface area contributed by atoms with Gasteiger partial charge in [-0.2, -0.15) is 0 Å². The van der Waals surface area contributed by atoms with Crippen LogP contribution in [0.3, 0.4) is 0 Å². The Bertz CT molecular complexity index is 821. The second-order valence-electron chi connectivity index (χ2n) is 8.17. The molecular formula is C22H27FN2O3. The van der Waals surface area contributed by atoms with Gasteiger partial charge in [-0.25, -0.2) is 9.37 Å².